The Hall–Kier alpha value is -2.25. The quantitative estimate of drug-likeness (QED) is 0.757. The van der Waals surface area contributed by atoms with Crippen molar-refractivity contribution < 1.29 is 32.6 Å². The molecular weight excluding hydrogens is 327 g/mol. The molecule has 1 unspecified atom stereocenters. The van der Waals surface area contributed by atoms with Gasteiger partial charge in [-0.05, 0) is 30.0 Å². The van der Waals surface area contributed by atoms with Crippen molar-refractivity contribution in [3.8, 4) is 5.75 Å². The molecule has 2 N–H and O–H groups in total. The van der Waals surface area contributed by atoms with E-state index in [4.69, 9.17) is 5.11 Å². The molecule has 1 amide bonds. The molecule has 0 aromatic heterocycles. The highest BCUT2D eigenvalue weighted by Crippen LogP contribution is 2.33. The lowest BCUT2D eigenvalue weighted by Crippen LogP contribution is -2.30. The molecule has 1 fully saturated rings. The maximum absolute atomic E-state index is 12.1. The molecule has 0 spiro atoms. The first kappa shape index (κ1) is 18.1. The van der Waals surface area contributed by atoms with E-state index in [1.807, 2.05) is 0 Å². The van der Waals surface area contributed by atoms with Gasteiger partial charge in [0.2, 0.25) is 5.91 Å². The number of nitrogens with one attached hydrogen (secondary N) is 1. The van der Waals surface area contributed by atoms with Crippen LogP contribution in [0.5, 0.6) is 5.75 Å². The fraction of sp³-hybridized carbons (Fsp3) is 0.500. The van der Waals surface area contributed by atoms with Gasteiger partial charge in [0.1, 0.15) is 5.75 Å². The summed E-state index contributed by atoms with van der Waals surface area (Å²) in [5.41, 5.74) is 0.409. The van der Waals surface area contributed by atoms with Crippen LogP contribution in [0.25, 0.3) is 0 Å². The van der Waals surface area contributed by atoms with Crippen molar-refractivity contribution in [3.63, 3.8) is 0 Å². The maximum atomic E-state index is 12.1. The molecule has 8 heteroatoms. The summed E-state index contributed by atoms with van der Waals surface area (Å²) in [6, 6.07) is 4.02. The fourth-order valence-electron chi connectivity index (χ4n) is 2.34. The average Bonchev–Trinajstić information content (AvgIpc) is 3.27. The number of amides is 1. The Bertz CT molecular complexity index is 582. The fourth-order valence-corrected chi connectivity index (χ4v) is 2.34. The summed E-state index contributed by atoms with van der Waals surface area (Å²) < 4.78 is 40.2. The number of hydrogen-bond acceptors (Lipinski definition) is 3. The molecule has 0 heterocycles. The molecule has 5 nitrogen and oxygen atoms in total. The van der Waals surface area contributed by atoms with Crippen LogP contribution in [0, 0.1) is 5.92 Å². The van der Waals surface area contributed by atoms with Gasteiger partial charge >= 0.3 is 12.3 Å². The largest absolute Gasteiger partial charge is 0.573 e. The number of carbonyl (C=O) groups is 2. The van der Waals surface area contributed by atoms with Crippen LogP contribution in [0.1, 0.15) is 43.7 Å². The zero-order valence-corrected chi connectivity index (χ0v) is 12.8. The number of alkyl halides is 3. The third-order valence-corrected chi connectivity index (χ3v) is 3.71. The Labute approximate surface area is 136 Å². The summed E-state index contributed by atoms with van der Waals surface area (Å²) in [7, 11) is 0. The SMILES string of the molecule is O=C(O)CC(NC(=O)CCC1CC1)c1ccc(OC(F)(F)F)cc1. The Morgan fingerprint density at radius 1 is 1.25 bits per heavy atom. The van der Waals surface area contributed by atoms with Crippen molar-refractivity contribution in [3.05, 3.63) is 29.8 Å². The van der Waals surface area contributed by atoms with Crippen LogP contribution in [-0.2, 0) is 9.59 Å². The Balaban J connectivity index is 2.00. The van der Waals surface area contributed by atoms with E-state index in [9.17, 15) is 22.8 Å². The Morgan fingerprint density at radius 2 is 1.88 bits per heavy atom. The molecule has 0 aliphatic heterocycles. The normalized spacial score (nSPS) is 15.6. The zero-order valence-electron chi connectivity index (χ0n) is 12.8. The van der Waals surface area contributed by atoms with Gasteiger partial charge in [-0.1, -0.05) is 25.0 Å². The lowest BCUT2D eigenvalue weighted by Gasteiger charge is -2.18. The highest BCUT2D eigenvalue weighted by molar-refractivity contribution is 5.77. The smallest absolute Gasteiger partial charge is 0.481 e. The predicted molar refractivity (Wildman–Crippen MR) is 78.2 cm³/mol. The molecular formula is C16H18F3NO4. The molecule has 1 aliphatic carbocycles. The van der Waals surface area contributed by atoms with Crippen molar-refractivity contribution in [2.24, 2.45) is 5.92 Å². The number of benzene rings is 1. The van der Waals surface area contributed by atoms with E-state index in [0.29, 0.717) is 17.9 Å². The molecule has 1 atom stereocenters. The summed E-state index contributed by atoms with van der Waals surface area (Å²) in [6.45, 7) is 0. The monoisotopic (exact) mass is 345 g/mol. The van der Waals surface area contributed by atoms with Crippen molar-refractivity contribution in [2.75, 3.05) is 0 Å². The van der Waals surface area contributed by atoms with Gasteiger partial charge in [0.25, 0.3) is 0 Å². The summed E-state index contributed by atoms with van der Waals surface area (Å²) in [6.07, 6.45) is -1.83. The molecule has 0 bridgehead atoms. The van der Waals surface area contributed by atoms with Crippen molar-refractivity contribution in [1.82, 2.24) is 5.32 Å². The number of carboxylic acids is 1. The van der Waals surface area contributed by atoms with Gasteiger partial charge < -0.3 is 15.2 Å². The zero-order chi connectivity index (χ0) is 17.7. The Morgan fingerprint density at radius 3 is 2.38 bits per heavy atom. The van der Waals surface area contributed by atoms with E-state index in [0.717, 1.165) is 31.4 Å². The first-order valence-corrected chi connectivity index (χ1v) is 7.60. The van der Waals surface area contributed by atoms with Gasteiger partial charge in [0.15, 0.2) is 0 Å². The third kappa shape index (κ3) is 6.47. The Kier molecular flexibility index (Phi) is 5.69. The summed E-state index contributed by atoms with van der Waals surface area (Å²) in [5, 5.41) is 11.6. The van der Waals surface area contributed by atoms with Crippen LogP contribution in [0.3, 0.4) is 0 Å². The maximum Gasteiger partial charge on any atom is 0.573 e. The molecule has 132 valence electrons. The molecule has 2 rings (SSSR count). The first-order chi connectivity index (χ1) is 11.2. The molecule has 1 aromatic rings. The number of carbonyl (C=O) groups excluding carboxylic acids is 1. The highest BCUT2D eigenvalue weighted by Gasteiger charge is 2.31. The van der Waals surface area contributed by atoms with Crippen molar-refractivity contribution in [2.45, 2.75) is 44.5 Å². The lowest BCUT2D eigenvalue weighted by molar-refractivity contribution is -0.274. The molecule has 0 saturated heterocycles. The average molecular weight is 345 g/mol. The number of hydrogen-bond donors (Lipinski definition) is 2. The van der Waals surface area contributed by atoms with Crippen LogP contribution in [0.2, 0.25) is 0 Å². The van der Waals surface area contributed by atoms with E-state index < -0.39 is 24.1 Å². The van der Waals surface area contributed by atoms with Gasteiger partial charge in [0.05, 0.1) is 12.5 Å². The molecule has 1 aliphatic rings. The molecule has 1 saturated carbocycles. The second-order valence-electron chi connectivity index (χ2n) is 5.82. The van der Waals surface area contributed by atoms with Crippen molar-refractivity contribution >= 4 is 11.9 Å². The second-order valence-corrected chi connectivity index (χ2v) is 5.82. The van der Waals surface area contributed by atoms with Crippen LogP contribution >= 0.6 is 0 Å². The molecule has 0 radical (unpaired) electrons. The minimum atomic E-state index is -4.79. The summed E-state index contributed by atoms with van der Waals surface area (Å²) >= 11 is 0. The van der Waals surface area contributed by atoms with Crippen LogP contribution in [0.15, 0.2) is 24.3 Å². The van der Waals surface area contributed by atoms with Gasteiger partial charge in [0, 0.05) is 6.42 Å². The predicted octanol–water partition coefficient (Wildman–Crippen LogP) is 3.41. The number of halogens is 3. The van der Waals surface area contributed by atoms with Gasteiger partial charge in [-0.3, -0.25) is 9.59 Å². The van der Waals surface area contributed by atoms with Crippen molar-refractivity contribution in [1.29, 1.82) is 0 Å². The van der Waals surface area contributed by atoms with E-state index in [-0.39, 0.29) is 12.3 Å². The minimum Gasteiger partial charge on any atom is -0.481 e. The molecule has 1 aromatic carbocycles. The number of aliphatic carboxylic acids is 1. The lowest BCUT2D eigenvalue weighted by atomic mass is 10.0. The summed E-state index contributed by atoms with van der Waals surface area (Å²) in [5.74, 6) is -1.20. The van der Waals surface area contributed by atoms with Crippen LogP contribution in [-0.4, -0.2) is 23.3 Å². The number of rotatable bonds is 8. The van der Waals surface area contributed by atoms with E-state index in [2.05, 4.69) is 10.1 Å². The van der Waals surface area contributed by atoms with E-state index in [1.54, 1.807) is 0 Å². The van der Waals surface area contributed by atoms with Crippen LogP contribution in [0.4, 0.5) is 13.2 Å². The third-order valence-electron chi connectivity index (χ3n) is 3.71. The standard InChI is InChI=1S/C16H18F3NO4/c17-16(18,19)24-12-6-4-11(5-7-12)13(9-15(22)23)20-14(21)8-3-10-1-2-10/h4-7,10,13H,1-3,8-9H2,(H,20,21)(H,22,23). The minimum absolute atomic E-state index is 0.260. The number of ether oxygens (including phenoxy) is 1. The number of carboxylic acid groups (broad SMARTS) is 1. The molecule has 24 heavy (non-hydrogen) atoms. The van der Waals surface area contributed by atoms with E-state index in [1.165, 1.54) is 12.1 Å². The highest BCUT2D eigenvalue weighted by atomic mass is 19.4. The second kappa shape index (κ2) is 7.55. The van der Waals surface area contributed by atoms with E-state index >= 15 is 0 Å². The summed E-state index contributed by atoms with van der Waals surface area (Å²) in [4.78, 5) is 22.9. The van der Waals surface area contributed by atoms with Gasteiger partial charge in [-0.25, -0.2) is 0 Å². The topological polar surface area (TPSA) is 75.6 Å². The van der Waals surface area contributed by atoms with Crippen LogP contribution < -0.4 is 10.1 Å². The van der Waals surface area contributed by atoms with Gasteiger partial charge in [-0.15, -0.1) is 13.2 Å². The van der Waals surface area contributed by atoms with Gasteiger partial charge in [-0.2, -0.15) is 0 Å². The first-order valence-electron chi connectivity index (χ1n) is 7.60.